The highest BCUT2D eigenvalue weighted by atomic mass is 79.9. The molecule has 12 heteroatoms. The Kier molecular flexibility index (Phi) is 8.15. The number of hydrogen-bond donors (Lipinski definition) is 1. The average molecular weight is 707 g/mol. The Balaban J connectivity index is 0.992. The van der Waals surface area contributed by atoms with E-state index in [-0.39, 0.29) is 17.4 Å². The number of methoxy groups -OCH3 is 1. The number of amides is 1. The third-order valence-electron chi connectivity index (χ3n) is 9.81. The van der Waals surface area contributed by atoms with E-state index in [4.69, 9.17) is 14.5 Å². The van der Waals surface area contributed by atoms with Crippen LogP contribution in [-0.4, -0.2) is 38.9 Å². The van der Waals surface area contributed by atoms with Gasteiger partial charge in [-0.3, -0.25) is 4.79 Å². The van der Waals surface area contributed by atoms with E-state index in [1.165, 1.54) is 7.11 Å². The van der Waals surface area contributed by atoms with Crippen molar-refractivity contribution in [2.24, 2.45) is 5.41 Å². The predicted octanol–water partition coefficient (Wildman–Crippen LogP) is 7.58. The van der Waals surface area contributed by atoms with Crippen LogP contribution in [0.2, 0.25) is 0 Å². The highest BCUT2D eigenvalue weighted by molar-refractivity contribution is 9.10. The SMILES string of the molecule is COc1ccc(COc2c(F)cc(C(=O)NCC34CCC(c5cn6ccc(-c7ncc(Br)cn7)cc6n5)(CC3)CC4)c(F)c2F)cc1. The summed E-state index contributed by atoms with van der Waals surface area (Å²) >= 11 is 3.37. The average Bonchev–Trinajstić information content (AvgIpc) is 3.55. The first kappa shape index (κ1) is 31.2. The molecule has 242 valence electrons. The van der Waals surface area contributed by atoms with E-state index in [0.29, 0.717) is 29.7 Å². The summed E-state index contributed by atoms with van der Waals surface area (Å²) in [6.45, 7) is 0.103. The Morgan fingerprint density at radius 2 is 1.68 bits per heavy atom. The van der Waals surface area contributed by atoms with Crippen LogP contribution in [-0.2, 0) is 12.0 Å². The topological polar surface area (TPSA) is 90.6 Å². The lowest BCUT2D eigenvalue weighted by Gasteiger charge is -2.53. The molecule has 3 aliphatic carbocycles. The van der Waals surface area contributed by atoms with Gasteiger partial charge in [0, 0.05) is 42.3 Å². The van der Waals surface area contributed by atoms with Crippen LogP contribution in [0, 0.1) is 22.9 Å². The van der Waals surface area contributed by atoms with E-state index in [0.717, 1.165) is 59.9 Å². The molecule has 0 radical (unpaired) electrons. The zero-order valence-corrected chi connectivity index (χ0v) is 27.1. The minimum atomic E-state index is -1.54. The van der Waals surface area contributed by atoms with Crippen LogP contribution in [0.15, 0.2) is 71.7 Å². The number of aromatic nitrogens is 4. The molecular formula is C35H31BrF3N5O3. The molecule has 8 nitrogen and oxygen atoms in total. The number of benzene rings is 2. The van der Waals surface area contributed by atoms with Gasteiger partial charge < -0.3 is 19.2 Å². The zero-order valence-electron chi connectivity index (χ0n) is 25.5. The number of rotatable bonds is 9. The summed E-state index contributed by atoms with van der Waals surface area (Å²) < 4.78 is 58.0. The standard InChI is InChI=1S/C35H31BrF3N5O3/c1-46-24-4-2-21(3-5-24)19-47-31-26(37)15-25(29(38)30(31)39)33(45)42-20-34-7-10-35(11-8-34,12-9-34)27-18-44-13-6-22(14-28(44)43-27)32-40-16-23(36)17-41-32/h2-6,13-18H,7-12,19-20H2,1H3,(H,42,45). The number of halogens is 4. The molecule has 1 N–H and O–H groups in total. The molecule has 8 rings (SSSR count). The van der Waals surface area contributed by atoms with Crippen LogP contribution >= 0.6 is 15.9 Å². The maximum absolute atomic E-state index is 15.0. The molecular weight excluding hydrogens is 675 g/mol. The van der Waals surface area contributed by atoms with Gasteiger partial charge in [0.05, 0.1) is 22.8 Å². The molecule has 3 aliphatic rings. The minimum Gasteiger partial charge on any atom is -0.497 e. The second-order valence-corrected chi connectivity index (χ2v) is 13.4. The van der Waals surface area contributed by atoms with Crippen molar-refractivity contribution in [3.8, 4) is 22.9 Å². The predicted molar refractivity (Wildman–Crippen MR) is 172 cm³/mol. The van der Waals surface area contributed by atoms with Crippen LogP contribution in [0.5, 0.6) is 11.5 Å². The fraction of sp³-hybridized carbons (Fsp3) is 0.314. The van der Waals surface area contributed by atoms with E-state index in [1.54, 1.807) is 36.7 Å². The summed E-state index contributed by atoms with van der Waals surface area (Å²) in [4.78, 5) is 26.8. The Hall–Kier alpha value is -4.45. The molecule has 0 unspecified atom stereocenters. The molecule has 3 fully saturated rings. The minimum absolute atomic E-state index is 0.0634. The van der Waals surface area contributed by atoms with Crippen LogP contribution in [0.3, 0.4) is 0 Å². The van der Waals surface area contributed by atoms with Crippen molar-refractivity contribution in [1.29, 1.82) is 0 Å². The first-order valence-electron chi connectivity index (χ1n) is 15.4. The monoisotopic (exact) mass is 705 g/mol. The van der Waals surface area contributed by atoms with Gasteiger partial charge in [0.2, 0.25) is 5.82 Å². The van der Waals surface area contributed by atoms with Gasteiger partial charge in [0.25, 0.3) is 5.91 Å². The number of nitrogens with zero attached hydrogens (tertiary/aromatic N) is 4. The molecule has 0 atom stereocenters. The maximum atomic E-state index is 15.0. The summed E-state index contributed by atoms with van der Waals surface area (Å²) in [6.07, 6.45) is 12.7. The normalized spacial score (nSPS) is 20.4. The number of imidazole rings is 1. The van der Waals surface area contributed by atoms with Crippen LogP contribution < -0.4 is 14.8 Å². The molecule has 5 aromatic rings. The van der Waals surface area contributed by atoms with Crippen LogP contribution in [0.25, 0.3) is 17.0 Å². The Labute approximate surface area is 277 Å². The van der Waals surface area contributed by atoms with Crippen LogP contribution in [0.4, 0.5) is 13.2 Å². The fourth-order valence-corrected chi connectivity index (χ4v) is 7.07. The van der Waals surface area contributed by atoms with Crippen molar-refractivity contribution < 1.29 is 27.4 Å². The van der Waals surface area contributed by atoms with Gasteiger partial charge in [-0.25, -0.2) is 23.7 Å². The molecule has 3 heterocycles. The van der Waals surface area contributed by atoms with Gasteiger partial charge in [-0.05, 0) is 95.8 Å². The Morgan fingerprint density at radius 3 is 2.36 bits per heavy atom. The molecule has 3 saturated carbocycles. The molecule has 2 aromatic carbocycles. The lowest BCUT2D eigenvalue weighted by molar-refractivity contribution is 0.0368. The first-order chi connectivity index (χ1) is 22.7. The van der Waals surface area contributed by atoms with E-state index in [9.17, 15) is 13.6 Å². The smallest absolute Gasteiger partial charge is 0.254 e. The third-order valence-corrected chi connectivity index (χ3v) is 10.2. The lowest BCUT2D eigenvalue weighted by Crippen LogP contribution is -2.49. The van der Waals surface area contributed by atoms with E-state index in [2.05, 4.69) is 37.4 Å². The van der Waals surface area contributed by atoms with Crippen molar-refractivity contribution >= 4 is 27.5 Å². The first-order valence-corrected chi connectivity index (χ1v) is 16.2. The van der Waals surface area contributed by atoms with Gasteiger partial charge >= 0.3 is 0 Å². The molecule has 3 aromatic heterocycles. The van der Waals surface area contributed by atoms with Gasteiger partial charge in [-0.1, -0.05) is 12.1 Å². The second kappa shape index (κ2) is 12.3. The molecule has 1 amide bonds. The van der Waals surface area contributed by atoms with E-state index in [1.807, 2.05) is 22.7 Å². The molecule has 0 aliphatic heterocycles. The highest BCUT2D eigenvalue weighted by Crippen LogP contribution is 2.57. The van der Waals surface area contributed by atoms with Crippen LogP contribution in [0.1, 0.15) is 60.1 Å². The van der Waals surface area contributed by atoms with Gasteiger partial charge in [0.15, 0.2) is 23.2 Å². The van der Waals surface area contributed by atoms with E-state index < -0.39 is 34.7 Å². The Bertz CT molecular complexity index is 1940. The number of carbonyl (C=O) groups is 1. The summed E-state index contributed by atoms with van der Waals surface area (Å²) in [5, 5.41) is 2.77. The van der Waals surface area contributed by atoms with Gasteiger partial charge in [0.1, 0.15) is 18.0 Å². The molecule has 0 spiro atoms. The van der Waals surface area contributed by atoms with Crippen molar-refractivity contribution in [3.05, 3.63) is 106 Å². The number of nitrogens with one attached hydrogen (secondary N) is 1. The molecule has 0 saturated heterocycles. The van der Waals surface area contributed by atoms with E-state index >= 15 is 4.39 Å². The lowest BCUT2D eigenvalue weighted by atomic mass is 9.53. The quantitative estimate of drug-likeness (QED) is 0.159. The highest BCUT2D eigenvalue weighted by Gasteiger charge is 2.50. The van der Waals surface area contributed by atoms with Gasteiger partial charge in [-0.2, -0.15) is 4.39 Å². The number of carbonyl (C=O) groups excluding carboxylic acids is 1. The number of hydrogen-bond acceptors (Lipinski definition) is 6. The molecule has 2 bridgehead atoms. The Morgan fingerprint density at radius 1 is 0.979 bits per heavy atom. The zero-order chi connectivity index (χ0) is 32.8. The number of fused-ring (bicyclic) bond motifs is 4. The van der Waals surface area contributed by atoms with Gasteiger partial charge in [-0.15, -0.1) is 0 Å². The number of pyridine rings is 1. The van der Waals surface area contributed by atoms with Crippen molar-refractivity contribution in [1.82, 2.24) is 24.7 Å². The van der Waals surface area contributed by atoms with Crippen molar-refractivity contribution in [2.75, 3.05) is 13.7 Å². The van der Waals surface area contributed by atoms with Crippen molar-refractivity contribution in [3.63, 3.8) is 0 Å². The third kappa shape index (κ3) is 5.95. The second-order valence-electron chi connectivity index (χ2n) is 12.5. The fourth-order valence-electron chi connectivity index (χ4n) is 6.87. The largest absolute Gasteiger partial charge is 0.497 e. The maximum Gasteiger partial charge on any atom is 0.254 e. The summed E-state index contributed by atoms with van der Waals surface area (Å²) in [6, 6.07) is 11.3. The summed E-state index contributed by atoms with van der Waals surface area (Å²) in [5.74, 6) is -4.61. The summed E-state index contributed by atoms with van der Waals surface area (Å²) in [5.41, 5.74) is 2.44. The molecule has 47 heavy (non-hydrogen) atoms. The van der Waals surface area contributed by atoms with Crippen molar-refractivity contribution in [2.45, 2.75) is 50.5 Å². The summed E-state index contributed by atoms with van der Waals surface area (Å²) in [7, 11) is 1.52. The number of ether oxygens (including phenoxy) is 2.